The third-order valence-corrected chi connectivity index (χ3v) is 7.63. The van der Waals surface area contributed by atoms with Crippen LogP contribution in [-0.2, 0) is 26.0 Å². The molecular weight excluding hydrogens is 482 g/mol. The molecular formula is C21H21Cl2FN2O5S. The van der Waals surface area contributed by atoms with Crippen LogP contribution >= 0.6 is 23.2 Å². The molecule has 2 unspecified atom stereocenters. The Kier molecular flexibility index (Phi) is 7.44. The molecule has 0 bridgehead atoms. The van der Waals surface area contributed by atoms with Gasteiger partial charge in [-0.15, -0.1) is 0 Å². The average molecular weight is 503 g/mol. The van der Waals surface area contributed by atoms with Gasteiger partial charge in [0.1, 0.15) is 17.9 Å². The summed E-state index contributed by atoms with van der Waals surface area (Å²) in [5, 5.41) is 12.3. The van der Waals surface area contributed by atoms with Crippen molar-refractivity contribution in [2.75, 3.05) is 6.54 Å². The SMILES string of the molecule is C[C@@H]1CCN(S(=O)(=O)c2cc(Cl)cc(Cl)c2)C1C(=O)NC(Cc1ccc(F)cc1)C(=O)O. The lowest BCUT2D eigenvalue weighted by atomic mass is 10.0. The van der Waals surface area contributed by atoms with E-state index >= 15 is 0 Å². The van der Waals surface area contributed by atoms with Crippen molar-refractivity contribution in [2.24, 2.45) is 5.92 Å². The summed E-state index contributed by atoms with van der Waals surface area (Å²) >= 11 is 11.9. The number of amides is 1. The summed E-state index contributed by atoms with van der Waals surface area (Å²) in [6, 6.07) is 6.71. The Balaban J connectivity index is 1.84. The smallest absolute Gasteiger partial charge is 0.326 e. The fourth-order valence-electron chi connectivity index (χ4n) is 3.70. The highest BCUT2D eigenvalue weighted by atomic mass is 35.5. The van der Waals surface area contributed by atoms with E-state index in [2.05, 4.69) is 5.32 Å². The van der Waals surface area contributed by atoms with Gasteiger partial charge in [-0.25, -0.2) is 17.6 Å². The number of carboxylic acid groups (broad SMARTS) is 1. The van der Waals surface area contributed by atoms with Crippen LogP contribution in [0.5, 0.6) is 0 Å². The predicted molar refractivity (Wildman–Crippen MR) is 118 cm³/mol. The molecule has 1 saturated heterocycles. The van der Waals surface area contributed by atoms with Crippen LogP contribution in [0.3, 0.4) is 0 Å². The fourth-order valence-corrected chi connectivity index (χ4v) is 6.12. The zero-order chi connectivity index (χ0) is 23.6. The number of carbonyl (C=O) groups is 2. The molecule has 1 amide bonds. The van der Waals surface area contributed by atoms with Crippen molar-refractivity contribution in [1.29, 1.82) is 0 Å². The minimum absolute atomic E-state index is 0.0842. The minimum Gasteiger partial charge on any atom is -0.480 e. The van der Waals surface area contributed by atoms with E-state index in [-0.39, 0.29) is 33.8 Å². The molecule has 11 heteroatoms. The highest BCUT2D eigenvalue weighted by Gasteiger charge is 2.44. The van der Waals surface area contributed by atoms with Crippen LogP contribution < -0.4 is 5.32 Å². The van der Waals surface area contributed by atoms with E-state index < -0.39 is 39.8 Å². The number of rotatable bonds is 7. The zero-order valence-corrected chi connectivity index (χ0v) is 19.3. The molecule has 0 aliphatic carbocycles. The first kappa shape index (κ1) is 24.4. The van der Waals surface area contributed by atoms with Crippen LogP contribution in [0, 0.1) is 11.7 Å². The molecule has 172 valence electrons. The van der Waals surface area contributed by atoms with E-state index in [4.69, 9.17) is 23.2 Å². The molecule has 2 aromatic carbocycles. The lowest BCUT2D eigenvalue weighted by molar-refractivity contribution is -0.142. The maximum Gasteiger partial charge on any atom is 0.326 e. The minimum atomic E-state index is -4.12. The first-order chi connectivity index (χ1) is 15.0. The molecule has 1 fully saturated rings. The number of sulfonamides is 1. The Morgan fingerprint density at radius 3 is 2.34 bits per heavy atom. The van der Waals surface area contributed by atoms with Gasteiger partial charge in [-0.1, -0.05) is 42.3 Å². The van der Waals surface area contributed by atoms with E-state index in [9.17, 15) is 27.5 Å². The first-order valence-electron chi connectivity index (χ1n) is 9.74. The summed E-state index contributed by atoms with van der Waals surface area (Å²) in [5.41, 5.74) is 0.511. The number of hydrogen-bond donors (Lipinski definition) is 2. The summed E-state index contributed by atoms with van der Waals surface area (Å²) in [7, 11) is -4.12. The summed E-state index contributed by atoms with van der Waals surface area (Å²) < 4.78 is 40.6. The average Bonchev–Trinajstić information content (AvgIpc) is 3.10. The van der Waals surface area contributed by atoms with E-state index in [1.807, 2.05) is 0 Å². The normalized spacial score (nSPS) is 20.1. The van der Waals surface area contributed by atoms with Gasteiger partial charge in [-0.3, -0.25) is 4.79 Å². The van der Waals surface area contributed by atoms with Crippen LogP contribution in [0.25, 0.3) is 0 Å². The number of halogens is 3. The van der Waals surface area contributed by atoms with Crippen LogP contribution in [0.15, 0.2) is 47.4 Å². The van der Waals surface area contributed by atoms with E-state index in [1.54, 1.807) is 6.92 Å². The maximum absolute atomic E-state index is 13.2. The molecule has 1 aliphatic heterocycles. The highest BCUT2D eigenvalue weighted by Crippen LogP contribution is 2.32. The van der Waals surface area contributed by atoms with Crippen molar-refractivity contribution >= 4 is 45.1 Å². The van der Waals surface area contributed by atoms with Gasteiger partial charge in [-0.05, 0) is 48.2 Å². The van der Waals surface area contributed by atoms with Gasteiger partial charge in [0, 0.05) is 23.0 Å². The maximum atomic E-state index is 13.2. The molecule has 3 atom stereocenters. The standard InChI is InChI=1S/C21H21Cl2FN2O5S/c1-12-6-7-26(32(30,31)17-10-14(22)9-15(23)11-17)19(12)20(27)25-18(21(28)29)8-13-2-4-16(24)5-3-13/h2-5,9-12,18-19H,6-8H2,1H3,(H,25,27)(H,28,29)/t12-,18?,19?/m1/s1. The summed E-state index contributed by atoms with van der Waals surface area (Å²) in [4.78, 5) is 24.6. The van der Waals surface area contributed by atoms with Crippen molar-refractivity contribution in [3.05, 3.63) is 63.9 Å². The third kappa shape index (κ3) is 5.40. The molecule has 0 aromatic heterocycles. The van der Waals surface area contributed by atoms with Crippen molar-refractivity contribution in [2.45, 2.75) is 36.7 Å². The fraction of sp³-hybridized carbons (Fsp3) is 0.333. The Morgan fingerprint density at radius 2 is 1.78 bits per heavy atom. The van der Waals surface area contributed by atoms with Crippen molar-refractivity contribution in [3.63, 3.8) is 0 Å². The molecule has 7 nitrogen and oxygen atoms in total. The molecule has 3 rings (SSSR count). The molecule has 0 saturated carbocycles. The summed E-state index contributed by atoms with van der Waals surface area (Å²) in [6.45, 7) is 1.81. The topological polar surface area (TPSA) is 104 Å². The number of aliphatic carboxylic acids is 1. The largest absolute Gasteiger partial charge is 0.480 e. The van der Waals surface area contributed by atoms with E-state index in [0.29, 0.717) is 12.0 Å². The molecule has 1 heterocycles. The Bertz CT molecular complexity index is 1110. The number of benzene rings is 2. The second-order valence-electron chi connectivity index (χ2n) is 7.66. The molecule has 0 spiro atoms. The lowest BCUT2D eigenvalue weighted by Crippen LogP contribution is -2.53. The van der Waals surface area contributed by atoms with E-state index in [1.165, 1.54) is 42.5 Å². The number of nitrogens with zero attached hydrogens (tertiary/aromatic N) is 1. The molecule has 2 aromatic rings. The van der Waals surface area contributed by atoms with Crippen molar-refractivity contribution < 1.29 is 27.5 Å². The highest BCUT2D eigenvalue weighted by molar-refractivity contribution is 7.89. The first-order valence-corrected chi connectivity index (χ1v) is 11.9. The molecule has 2 N–H and O–H groups in total. The number of carboxylic acids is 1. The van der Waals surface area contributed by atoms with Gasteiger partial charge < -0.3 is 10.4 Å². The van der Waals surface area contributed by atoms with Crippen molar-refractivity contribution in [3.8, 4) is 0 Å². The zero-order valence-electron chi connectivity index (χ0n) is 17.0. The second kappa shape index (κ2) is 9.74. The van der Waals surface area contributed by atoms with Crippen molar-refractivity contribution in [1.82, 2.24) is 9.62 Å². The van der Waals surface area contributed by atoms with Gasteiger partial charge in [0.2, 0.25) is 15.9 Å². The van der Waals surface area contributed by atoms with Crippen LogP contribution in [0.1, 0.15) is 18.9 Å². The van der Waals surface area contributed by atoms with Gasteiger partial charge in [0.25, 0.3) is 0 Å². The summed E-state index contributed by atoms with van der Waals surface area (Å²) in [5.74, 6) is -2.82. The molecule has 32 heavy (non-hydrogen) atoms. The van der Waals surface area contributed by atoms with Gasteiger partial charge in [0.05, 0.1) is 4.90 Å². The predicted octanol–water partition coefficient (Wildman–Crippen LogP) is 3.34. The molecule has 1 aliphatic rings. The number of hydrogen-bond acceptors (Lipinski definition) is 4. The van der Waals surface area contributed by atoms with Gasteiger partial charge in [0.15, 0.2) is 0 Å². The Labute approximate surface area is 195 Å². The van der Waals surface area contributed by atoms with E-state index in [0.717, 1.165) is 4.31 Å². The number of carbonyl (C=O) groups excluding carboxylic acids is 1. The third-order valence-electron chi connectivity index (χ3n) is 5.33. The van der Waals surface area contributed by atoms with Gasteiger partial charge in [-0.2, -0.15) is 4.31 Å². The van der Waals surface area contributed by atoms with Crippen LogP contribution in [0.4, 0.5) is 4.39 Å². The lowest BCUT2D eigenvalue weighted by Gasteiger charge is -2.27. The Hall–Kier alpha value is -2.20. The Morgan fingerprint density at radius 1 is 1.19 bits per heavy atom. The quantitative estimate of drug-likeness (QED) is 0.604. The molecule has 0 radical (unpaired) electrons. The number of nitrogens with one attached hydrogen (secondary N) is 1. The van der Waals surface area contributed by atoms with Crippen LogP contribution in [-0.4, -0.2) is 48.3 Å². The second-order valence-corrected chi connectivity index (χ2v) is 10.4. The van der Waals surface area contributed by atoms with Crippen LogP contribution in [0.2, 0.25) is 10.0 Å². The van der Waals surface area contributed by atoms with Gasteiger partial charge >= 0.3 is 5.97 Å². The summed E-state index contributed by atoms with van der Waals surface area (Å²) in [6.07, 6.45) is 0.334. The monoisotopic (exact) mass is 502 g/mol.